The van der Waals surface area contributed by atoms with Crippen molar-refractivity contribution in [2.75, 3.05) is 38.1 Å². The standard InChI is InChI=1S/C33H38N4O4.ClH/c1-22-18-29(32(39)35-16-14-34(2)15-17-35)36-20-27-13-12-26(33(40)41)19-28(27)37(21-30(22)36)31(38)25-10-8-24(9-11-25)23-6-4-3-5-7-23;/h8-13,18-19,23H,3-7,14-17,20-21H2,1-2H3,(H,40,41);1H. The number of benzene rings is 2. The highest BCUT2D eigenvalue weighted by Gasteiger charge is 2.31. The summed E-state index contributed by atoms with van der Waals surface area (Å²) in [4.78, 5) is 45.5. The van der Waals surface area contributed by atoms with Crippen molar-refractivity contribution in [3.8, 4) is 0 Å². The van der Waals surface area contributed by atoms with Crippen LogP contribution < -0.4 is 4.90 Å². The Balaban J connectivity index is 0.00000353. The van der Waals surface area contributed by atoms with Crippen molar-refractivity contribution in [2.24, 2.45) is 0 Å². The average Bonchev–Trinajstić information content (AvgIpc) is 3.19. The van der Waals surface area contributed by atoms with Crippen LogP contribution >= 0.6 is 12.4 Å². The molecule has 9 heteroatoms. The Morgan fingerprint density at radius 1 is 0.810 bits per heavy atom. The predicted molar refractivity (Wildman–Crippen MR) is 165 cm³/mol. The van der Waals surface area contributed by atoms with Gasteiger partial charge in [-0.3, -0.25) is 9.59 Å². The molecule has 3 aliphatic rings. The molecule has 1 aliphatic carbocycles. The monoisotopic (exact) mass is 590 g/mol. The van der Waals surface area contributed by atoms with Crippen molar-refractivity contribution in [1.82, 2.24) is 14.4 Å². The highest BCUT2D eigenvalue weighted by molar-refractivity contribution is 6.07. The zero-order valence-corrected chi connectivity index (χ0v) is 25.2. The summed E-state index contributed by atoms with van der Waals surface area (Å²) in [5.74, 6) is -0.672. The Kier molecular flexibility index (Phi) is 8.76. The highest BCUT2D eigenvalue weighted by atomic mass is 35.5. The number of fused-ring (bicyclic) bond motifs is 2. The first kappa shape index (κ1) is 29.9. The number of nitrogens with zero attached hydrogens (tertiary/aromatic N) is 4. The number of carbonyl (C=O) groups is 3. The summed E-state index contributed by atoms with van der Waals surface area (Å²) in [6, 6.07) is 14.9. The fraction of sp³-hybridized carbons (Fsp3) is 0.424. The summed E-state index contributed by atoms with van der Waals surface area (Å²) >= 11 is 0. The first-order valence-corrected chi connectivity index (χ1v) is 14.7. The molecule has 2 aliphatic heterocycles. The number of likely N-dealkylation sites (N-methyl/N-ethyl adjacent to an activating group) is 1. The van der Waals surface area contributed by atoms with Gasteiger partial charge in [0.1, 0.15) is 5.69 Å². The maximum absolute atomic E-state index is 14.1. The first-order chi connectivity index (χ1) is 19.8. The molecule has 0 spiro atoms. The van der Waals surface area contributed by atoms with Crippen molar-refractivity contribution < 1.29 is 19.5 Å². The zero-order valence-electron chi connectivity index (χ0n) is 24.3. The van der Waals surface area contributed by atoms with Gasteiger partial charge in [0, 0.05) is 37.4 Å². The number of carboxylic acids is 1. The molecule has 3 aromatic rings. The second kappa shape index (κ2) is 12.3. The number of aryl methyl sites for hydroxylation is 1. The van der Waals surface area contributed by atoms with Crippen molar-refractivity contribution in [3.63, 3.8) is 0 Å². The number of hydrogen-bond acceptors (Lipinski definition) is 4. The molecular formula is C33H39ClN4O4. The van der Waals surface area contributed by atoms with Gasteiger partial charge in [-0.05, 0) is 79.8 Å². The lowest BCUT2D eigenvalue weighted by Gasteiger charge is -2.32. The number of carbonyl (C=O) groups excluding carboxylic acids is 2. The molecule has 0 radical (unpaired) electrons. The summed E-state index contributed by atoms with van der Waals surface area (Å²) in [6.45, 7) is 5.64. The Labute approximate surface area is 253 Å². The molecule has 2 fully saturated rings. The molecule has 0 unspecified atom stereocenters. The lowest BCUT2D eigenvalue weighted by Crippen LogP contribution is -2.47. The Morgan fingerprint density at radius 3 is 2.14 bits per heavy atom. The summed E-state index contributed by atoms with van der Waals surface area (Å²) in [5.41, 5.74) is 5.82. The summed E-state index contributed by atoms with van der Waals surface area (Å²) in [7, 11) is 2.06. The van der Waals surface area contributed by atoms with E-state index in [2.05, 4.69) is 24.1 Å². The van der Waals surface area contributed by atoms with Gasteiger partial charge in [-0.15, -0.1) is 12.4 Å². The molecule has 3 heterocycles. The Bertz CT molecular complexity index is 1480. The molecule has 42 heavy (non-hydrogen) atoms. The summed E-state index contributed by atoms with van der Waals surface area (Å²) < 4.78 is 2.02. The lowest BCUT2D eigenvalue weighted by atomic mass is 9.84. The maximum Gasteiger partial charge on any atom is 0.335 e. The third-order valence-electron chi connectivity index (χ3n) is 9.17. The van der Waals surface area contributed by atoms with Crippen molar-refractivity contribution in [2.45, 2.75) is 58.0 Å². The molecule has 2 amide bonds. The van der Waals surface area contributed by atoms with Gasteiger partial charge >= 0.3 is 5.97 Å². The average molecular weight is 591 g/mol. The minimum absolute atomic E-state index is 0. The minimum atomic E-state index is -1.04. The van der Waals surface area contributed by atoms with E-state index >= 15 is 0 Å². The van der Waals surface area contributed by atoms with Crippen LogP contribution in [0.2, 0.25) is 0 Å². The summed E-state index contributed by atoms with van der Waals surface area (Å²) in [5, 5.41) is 9.75. The Hall–Kier alpha value is -3.62. The number of halogens is 1. The highest BCUT2D eigenvalue weighted by Crippen LogP contribution is 2.35. The number of aromatic carboxylic acids is 1. The smallest absolute Gasteiger partial charge is 0.335 e. The van der Waals surface area contributed by atoms with E-state index < -0.39 is 5.97 Å². The van der Waals surface area contributed by atoms with E-state index in [9.17, 15) is 19.5 Å². The van der Waals surface area contributed by atoms with Crippen molar-refractivity contribution in [3.05, 3.63) is 87.7 Å². The van der Waals surface area contributed by atoms with E-state index in [1.54, 1.807) is 23.1 Å². The minimum Gasteiger partial charge on any atom is -0.478 e. The molecule has 222 valence electrons. The molecule has 1 saturated heterocycles. The van der Waals surface area contributed by atoms with Crippen molar-refractivity contribution >= 4 is 35.9 Å². The normalized spacial score (nSPS) is 17.6. The molecule has 8 nitrogen and oxygen atoms in total. The van der Waals surface area contributed by atoms with Crippen LogP contribution in [0.1, 0.15) is 91.6 Å². The van der Waals surface area contributed by atoms with Crippen LogP contribution in [0, 0.1) is 6.92 Å². The van der Waals surface area contributed by atoms with E-state index in [1.165, 1.54) is 37.7 Å². The molecule has 0 bridgehead atoms. The molecular weight excluding hydrogens is 552 g/mol. The molecule has 1 aromatic heterocycles. The second-order valence-electron chi connectivity index (χ2n) is 11.8. The van der Waals surface area contributed by atoms with E-state index in [1.807, 2.05) is 34.6 Å². The number of hydrogen-bond donors (Lipinski definition) is 1. The predicted octanol–water partition coefficient (Wildman–Crippen LogP) is 5.56. The van der Waals surface area contributed by atoms with Gasteiger partial charge in [0.25, 0.3) is 11.8 Å². The third-order valence-corrected chi connectivity index (χ3v) is 9.17. The Morgan fingerprint density at radius 2 is 1.48 bits per heavy atom. The van der Waals surface area contributed by atoms with E-state index in [4.69, 9.17) is 0 Å². The van der Waals surface area contributed by atoms with Crippen LogP contribution in [0.25, 0.3) is 0 Å². The number of rotatable bonds is 4. The van der Waals surface area contributed by atoms with Gasteiger partial charge in [-0.1, -0.05) is 37.5 Å². The first-order valence-electron chi connectivity index (χ1n) is 14.7. The van der Waals surface area contributed by atoms with E-state index in [-0.39, 0.29) is 36.3 Å². The van der Waals surface area contributed by atoms with Crippen LogP contribution in [-0.2, 0) is 13.1 Å². The van der Waals surface area contributed by atoms with Gasteiger partial charge in [0.15, 0.2) is 0 Å². The SMILES string of the molecule is Cc1cc(C(=O)N2CCN(C)CC2)n2c1CN(C(=O)c1ccc(C3CCCCC3)cc1)c1cc(C(=O)O)ccc1C2.Cl. The van der Waals surface area contributed by atoms with E-state index in [0.717, 1.165) is 29.9 Å². The zero-order chi connectivity index (χ0) is 28.7. The molecule has 1 saturated carbocycles. The van der Waals surface area contributed by atoms with E-state index in [0.29, 0.717) is 42.5 Å². The maximum atomic E-state index is 14.1. The van der Waals surface area contributed by atoms with Gasteiger partial charge < -0.3 is 24.4 Å². The van der Waals surface area contributed by atoms with Crippen molar-refractivity contribution in [1.29, 1.82) is 0 Å². The van der Waals surface area contributed by atoms with Gasteiger partial charge in [-0.2, -0.15) is 0 Å². The van der Waals surface area contributed by atoms with Gasteiger partial charge in [-0.25, -0.2) is 4.79 Å². The topological polar surface area (TPSA) is 86.1 Å². The lowest BCUT2D eigenvalue weighted by molar-refractivity contribution is 0.0652. The second-order valence-corrected chi connectivity index (χ2v) is 11.8. The third kappa shape index (κ3) is 5.70. The fourth-order valence-electron chi connectivity index (χ4n) is 6.62. The largest absolute Gasteiger partial charge is 0.478 e. The number of carboxylic acid groups (broad SMARTS) is 1. The van der Waals surface area contributed by atoms with Crippen LogP contribution in [0.4, 0.5) is 5.69 Å². The summed E-state index contributed by atoms with van der Waals surface area (Å²) in [6.07, 6.45) is 6.18. The van der Waals surface area contributed by atoms with Crippen LogP contribution in [0.3, 0.4) is 0 Å². The van der Waals surface area contributed by atoms with Gasteiger partial charge in [0.2, 0.25) is 0 Å². The van der Waals surface area contributed by atoms with Crippen LogP contribution in [0.5, 0.6) is 0 Å². The molecule has 1 N–H and O–H groups in total. The number of anilines is 1. The number of aromatic nitrogens is 1. The number of amides is 2. The molecule has 6 rings (SSSR count). The molecule has 0 atom stereocenters. The fourth-order valence-corrected chi connectivity index (χ4v) is 6.62. The van der Waals surface area contributed by atoms with Crippen LogP contribution in [0.15, 0.2) is 48.5 Å². The van der Waals surface area contributed by atoms with Gasteiger partial charge in [0.05, 0.1) is 24.3 Å². The van der Waals surface area contributed by atoms with Crippen LogP contribution in [-0.4, -0.2) is 70.5 Å². The molecule has 2 aromatic carbocycles. The number of piperazine rings is 1. The quantitative estimate of drug-likeness (QED) is 0.430.